The number of nitrogens with zero attached hydrogens (tertiary/aromatic N) is 1. The average Bonchev–Trinajstić information content (AvgIpc) is 2.01. The molecule has 0 aliphatic carbocycles. The summed E-state index contributed by atoms with van der Waals surface area (Å²) in [6, 6.07) is 1.30. The summed E-state index contributed by atoms with van der Waals surface area (Å²) in [4.78, 5) is 3.07. The minimum atomic E-state index is -4.54. The summed E-state index contributed by atoms with van der Waals surface area (Å²) in [5.41, 5.74) is -1.64. The summed E-state index contributed by atoms with van der Waals surface area (Å²) in [5.74, 6) is 0. The Hall–Kier alpha value is -1.12. The average molecular weight is 208 g/mol. The molecule has 0 bridgehead atoms. The van der Waals surface area contributed by atoms with Gasteiger partial charge in [-0.3, -0.25) is 4.98 Å². The standard InChI is InChI=1S/C6H6BF3NO3/c8-6(9,10)4-1-2-5(11-3-4)7(12,13)14/h1-3,12-14H/q-1. The Morgan fingerprint density at radius 1 is 1.14 bits per heavy atom. The number of halogens is 3. The highest BCUT2D eigenvalue weighted by Crippen LogP contribution is 2.27. The quantitative estimate of drug-likeness (QED) is 0.529. The first-order valence-corrected chi connectivity index (χ1v) is 3.56. The van der Waals surface area contributed by atoms with Gasteiger partial charge in [0.25, 0.3) is 0 Å². The van der Waals surface area contributed by atoms with Crippen LogP contribution in [0, 0.1) is 0 Å². The van der Waals surface area contributed by atoms with Crippen LogP contribution in [0.2, 0.25) is 0 Å². The van der Waals surface area contributed by atoms with Crippen molar-refractivity contribution in [2.75, 3.05) is 0 Å². The fourth-order valence-corrected chi connectivity index (χ4v) is 0.802. The van der Waals surface area contributed by atoms with Crippen molar-refractivity contribution in [2.24, 2.45) is 0 Å². The molecule has 0 spiro atoms. The van der Waals surface area contributed by atoms with Gasteiger partial charge in [0.1, 0.15) is 0 Å². The molecule has 0 amide bonds. The van der Waals surface area contributed by atoms with Crippen LogP contribution in [0.3, 0.4) is 0 Å². The molecule has 14 heavy (non-hydrogen) atoms. The van der Waals surface area contributed by atoms with Gasteiger partial charge >= 0.3 is 12.9 Å². The van der Waals surface area contributed by atoms with Gasteiger partial charge in [0.05, 0.1) is 5.56 Å². The molecule has 0 radical (unpaired) electrons. The second kappa shape index (κ2) is 3.23. The van der Waals surface area contributed by atoms with Gasteiger partial charge in [0, 0.05) is 6.20 Å². The fraction of sp³-hybridized carbons (Fsp3) is 0.167. The number of aromatic nitrogens is 1. The van der Waals surface area contributed by atoms with Gasteiger partial charge in [-0.25, -0.2) is 0 Å². The zero-order chi connectivity index (χ0) is 11.0. The lowest BCUT2D eigenvalue weighted by molar-refractivity contribution is -0.137. The lowest BCUT2D eigenvalue weighted by atomic mass is 9.75. The minimum Gasteiger partial charge on any atom is -0.555 e. The maximum absolute atomic E-state index is 12.0. The molecule has 1 heterocycles. The Morgan fingerprint density at radius 2 is 1.71 bits per heavy atom. The molecular formula is C6H6BF3NO3-. The van der Waals surface area contributed by atoms with E-state index >= 15 is 0 Å². The summed E-state index contributed by atoms with van der Waals surface area (Å²) in [5, 5.41) is 25.8. The lowest BCUT2D eigenvalue weighted by Crippen LogP contribution is -2.50. The van der Waals surface area contributed by atoms with E-state index in [0.29, 0.717) is 18.3 Å². The van der Waals surface area contributed by atoms with Crippen LogP contribution in [0.5, 0.6) is 0 Å². The summed E-state index contributed by atoms with van der Waals surface area (Å²) < 4.78 is 36.0. The Bertz CT molecular complexity index is 286. The van der Waals surface area contributed by atoms with Crippen molar-refractivity contribution < 1.29 is 28.2 Å². The van der Waals surface area contributed by atoms with Crippen molar-refractivity contribution in [2.45, 2.75) is 6.18 Å². The van der Waals surface area contributed by atoms with E-state index in [4.69, 9.17) is 15.1 Å². The van der Waals surface area contributed by atoms with Crippen molar-refractivity contribution >= 4 is 12.3 Å². The van der Waals surface area contributed by atoms with Crippen LogP contribution in [-0.4, -0.2) is 26.8 Å². The summed E-state index contributed by atoms with van der Waals surface area (Å²) in [7, 11) is 0. The molecule has 8 heteroatoms. The monoisotopic (exact) mass is 208 g/mol. The van der Waals surface area contributed by atoms with Crippen molar-refractivity contribution in [3.63, 3.8) is 0 Å². The summed E-state index contributed by atoms with van der Waals surface area (Å²) in [6.45, 7) is -3.84. The smallest absolute Gasteiger partial charge is 0.420 e. The molecule has 0 atom stereocenters. The van der Waals surface area contributed by atoms with Gasteiger partial charge in [-0.1, -0.05) is 6.07 Å². The molecule has 0 saturated carbocycles. The van der Waals surface area contributed by atoms with Crippen LogP contribution in [0.4, 0.5) is 13.2 Å². The van der Waals surface area contributed by atoms with E-state index < -0.39 is 24.1 Å². The predicted molar refractivity (Wildman–Crippen MR) is 41.3 cm³/mol. The third-order valence-corrected chi connectivity index (χ3v) is 1.51. The van der Waals surface area contributed by atoms with E-state index in [1.807, 2.05) is 0 Å². The molecule has 0 aliphatic heterocycles. The molecule has 0 saturated heterocycles. The highest BCUT2D eigenvalue weighted by molar-refractivity contribution is 6.70. The Kier molecular flexibility index (Phi) is 2.53. The van der Waals surface area contributed by atoms with Crippen LogP contribution < -0.4 is 5.59 Å². The molecule has 0 aliphatic rings. The van der Waals surface area contributed by atoms with Gasteiger partial charge in [0.2, 0.25) is 0 Å². The maximum Gasteiger partial charge on any atom is 0.420 e. The SMILES string of the molecule is O[B-](O)(O)c1ccc(C(F)(F)F)cn1. The Morgan fingerprint density at radius 3 is 2.00 bits per heavy atom. The summed E-state index contributed by atoms with van der Waals surface area (Å²) in [6.07, 6.45) is -4.13. The minimum absolute atomic E-state index is 0.411. The molecule has 78 valence electrons. The van der Waals surface area contributed by atoms with Crippen LogP contribution in [0.15, 0.2) is 18.3 Å². The van der Waals surface area contributed by atoms with Crippen molar-refractivity contribution in [1.29, 1.82) is 0 Å². The molecule has 3 N–H and O–H groups in total. The topological polar surface area (TPSA) is 73.6 Å². The lowest BCUT2D eigenvalue weighted by Gasteiger charge is -2.20. The second-order valence-electron chi connectivity index (χ2n) is 2.70. The van der Waals surface area contributed by atoms with Gasteiger partial charge in [-0.15, -0.1) is 0 Å². The first kappa shape index (κ1) is 11.0. The van der Waals surface area contributed by atoms with Crippen molar-refractivity contribution in [3.8, 4) is 0 Å². The molecular weight excluding hydrogens is 202 g/mol. The van der Waals surface area contributed by atoms with E-state index in [0.717, 1.165) is 0 Å². The summed E-state index contributed by atoms with van der Waals surface area (Å²) >= 11 is 0. The van der Waals surface area contributed by atoms with Gasteiger partial charge < -0.3 is 15.1 Å². The first-order valence-electron chi connectivity index (χ1n) is 3.56. The normalized spacial score (nSPS) is 13.0. The molecule has 1 aromatic rings. The van der Waals surface area contributed by atoms with Crippen LogP contribution in [0.1, 0.15) is 5.56 Å². The highest BCUT2D eigenvalue weighted by atomic mass is 19.4. The molecule has 0 aromatic carbocycles. The predicted octanol–water partition coefficient (Wildman–Crippen LogP) is -0.777. The van der Waals surface area contributed by atoms with E-state index in [-0.39, 0.29) is 0 Å². The highest BCUT2D eigenvalue weighted by Gasteiger charge is 2.31. The van der Waals surface area contributed by atoms with Crippen LogP contribution >= 0.6 is 0 Å². The van der Waals surface area contributed by atoms with E-state index in [1.165, 1.54) is 0 Å². The number of hydrogen-bond acceptors (Lipinski definition) is 4. The number of pyridine rings is 1. The largest absolute Gasteiger partial charge is 0.555 e. The van der Waals surface area contributed by atoms with Gasteiger partial charge in [-0.05, 0) is 11.7 Å². The molecule has 0 unspecified atom stereocenters. The van der Waals surface area contributed by atoms with Crippen LogP contribution in [-0.2, 0) is 6.18 Å². The Labute approximate surface area is 76.7 Å². The second-order valence-corrected chi connectivity index (χ2v) is 2.70. The number of hydrogen-bond donors (Lipinski definition) is 3. The fourth-order valence-electron chi connectivity index (χ4n) is 0.802. The first-order chi connectivity index (χ1) is 6.21. The van der Waals surface area contributed by atoms with Crippen LogP contribution in [0.25, 0.3) is 0 Å². The van der Waals surface area contributed by atoms with Gasteiger partial charge in [0.15, 0.2) is 0 Å². The third kappa shape index (κ3) is 2.44. The van der Waals surface area contributed by atoms with Gasteiger partial charge in [-0.2, -0.15) is 13.2 Å². The molecule has 1 aromatic heterocycles. The molecule has 0 fully saturated rings. The third-order valence-electron chi connectivity index (χ3n) is 1.51. The van der Waals surface area contributed by atoms with Crippen molar-refractivity contribution in [3.05, 3.63) is 23.9 Å². The van der Waals surface area contributed by atoms with E-state index in [2.05, 4.69) is 4.98 Å². The number of alkyl halides is 3. The number of rotatable bonds is 1. The maximum atomic E-state index is 12.0. The Balaban J connectivity index is 3.02. The molecule has 1 rings (SSSR count). The zero-order valence-corrected chi connectivity index (χ0v) is 6.73. The van der Waals surface area contributed by atoms with Crippen molar-refractivity contribution in [1.82, 2.24) is 4.98 Å². The van der Waals surface area contributed by atoms with E-state index in [1.54, 1.807) is 0 Å². The van der Waals surface area contributed by atoms with E-state index in [9.17, 15) is 13.2 Å². The zero-order valence-electron chi connectivity index (χ0n) is 6.73. The molecule has 4 nitrogen and oxygen atoms in total.